The first kappa shape index (κ1) is 14.0. The third kappa shape index (κ3) is 4.30. The molecule has 0 amide bonds. The molecule has 2 rings (SSSR count). The summed E-state index contributed by atoms with van der Waals surface area (Å²) in [5.74, 6) is 0. The average Bonchev–Trinajstić information content (AvgIpc) is 2.39. The minimum atomic E-state index is -3.27. The Kier molecular flexibility index (Phi) is 4.51. The van der Waals surface area contributed by atoms with Crippen LogP contribution in [-0.4, -0.2) is 4.67 Å². The van der Waals surface area contributed by atoms with Gasteiger partial charge in [-0.1, -0.05) is 60.7 Å². The molecule has 4 N–H and O–H groups in total. The Hall–Kier alpha value is -1.45. The van der Waals surface area contributed by atoms with Gasteiger partial charge in [-0.15, -0.1) is 0 Å². The number of rotatable bonds is 5. The van der Waals surface area contributed by atoms with Crippen molar-refractivity contribution in [2.24, 2.45) is 11.0 Å². The molecule has 5 heteroatoms. The lowest BCUT2D eigenvalue weighted by atomic mass is 10.2. The van der Waals surface area contributed by atoms with E-state index in [0.717, 1.165) is 11.1 Å². The maximum Gasteiger partial charge on any atom is 0.277 e. The molecule has 0 aliphatic heterocycles. The summed E-state index contributed by atoms with van der Waals surface area (Å²) < 4.78 is 13.6. The van der Waals surface area contributed by atoms with Crippen molar-refractivity contribution in [2.45, 2.75) is 13.1 Å². The van der Waals surface area contributed by atoms with Gasteiger partial charge in [0.15, 0.2) is 0 Å². The van der Waals surface area contributed by atoms with Crippen molar-refractivity contribution >= 4 is 7.59 Å². The lowest BCUT2D eigenvalue weighted by molar-refractivity contribution is 0.399. The van der Waals surface area contributed by atoms with E-state index in [1.54, 1.807) is 4.67 Å². The third-order valence-corrected chi connectivity index (χ3v) is 4.02. The highest BCUT2D eigenvalue weighted by Crippen LogP contribution is 2.34. The number of nitrogens with two attached hydrogens (primary N) is 2. The third-order valence-electron chi connectivity index (χ3n) is 2.86. The molecule has 0 fully saturated rings. The highest BCUT2D eigenvalue weighted by Gasteiger charge is 2.21. The summed E-state index contributed by atoms with van der Waals surface area (Å²) in [6, 6.07) is 19.5. The number of nitrogens with zero attached hydrogens (tertiary/aromatic N) is 1. The molecule has 0 bridgehead atoms. The summed E-state index contributed by atoms with van der Waals surface area (Å²) in [6.07, 6.45) is 0. The lowest BCUT2D eigenvalue weighted by Gasteiger charge is -2.25. The SMILES string of the molecule is NP(N)(=O)N(Cc1ccccc1)Cc1ccccc1. The minimum Gasteiger partial charge on any atom is -0.271 e. The van der Waals surface area contributed by atoms with Gasteiger partial charge in [0.2, 0.25) is 0 Å². The van der Waals surface area contributed by atoms with Gasteiger partial charge in [-0.05, 0) is 11.1 Å². The quantitative estimate of drug-likeness (QED) is 0.823. The summed E-state index contributed by atoms with van der Waals surface area (Å²) in [6.45, 7) is 0.944. The molecule has 4 nitrogen and oxygen atoms in total. The maximum atomic E-state index is 12.0. The van der Waals surface area contributed by atoms with Gasteiger partial charge in [0, 0.05) is 13.1 Å². The Labute approximate surface area is 113 Å². The van der Waals surface area contributed by atoms with E-state index in [1.807, 2.05) is 60.7 Å². The summed E-state index contributed by atoms with van der Waals surface area (Å²) >= 11 is 0. The van der Waals surface area contributed by atoms with Crippen LogP contribution in [0.15, 0.2) is 60.7 Å². The van der Waals surface area contributed by atoms with E-state index in [4.69, 9.17) is 11.0 Å². The predicted molar refractivity (Wildman–Crippen MR) is 78.1 cm³/mol. The Morgan fingerprint density at radius 3 is 1.47 bits per heavy atom. The van der Waals surface area contributed by atoms with E-state index in [1.165, 1.54) is 0 Å². The molecule has 0 radical (unpaired) electrons. The lowest BCUT2D eigenvalue weighted by Crippen LogP contribution is -2.28. The van der Waals surface area contributed by atoms with E-state index in [0.29, 0.717) is 13.1 Å². The van der Waals surface area contributed by atoms with Crippen LogP contribution >= 0.6 is 7.59 Å². The first-order chi connectivity index (χ1) is 9.05. The summed E-state index contributed by atoms with van der Waals surface area (Å²) in [4.78, 5) is 0. The highest BCUT2D eigenvalue weighted by atomic mass is 31.2. The number of hydrogen-bond donors (Lipinski definition) is 2. The second-order valence-electron chi connectivity index (χ2n) is 4.47. The van der Waals surface area contributed by atoms with Crippen molar-refractivity contribution in [3.63, 3.8) is 0 Å². The molecule has 0 aromatic heterocycles. The van der Waals surface area contributed by atoms with Crippen molar-refractivity contribution in [2.75, 3.05) is 0 Å². The van der Waals surface area contributed by atoms with E-state index in [2.05, 4.69) is 0 Å². The molecular weight excluding hydrogens is 257 g/mol. The molecule has 0 aliphatic rings. The van der Waals surface area contributed by atoms with Crippen molar-refractivity contribution in [1.29, 1.82) is 0 Å². The van der Waals surface area contributed by atoms with E-state index in [-0.39, 0.29) is 0 Å². The monoisotopic (exact) mass is 275 g/mol. The van der Waals surface area contributed by atoms with Crippen LogP contribution in [0.25, 0.3) is 0 Å². The van der Waals surface area contributed by atoms with Crippen molar-refractivity contribution < 1.29 is 4.57 Å². The van der Waals surface area contributed by atoms with Crippen LogP contribution < -0.4 is 11.0 Å². The Balaban J connectivity index is 2.16. The minimum absolute atomic E-state index is 0.472. The number of benzene rings is 2. The molecule has 2 aromatic carbocycles. The maximum absolute atomic E-state index is 12.0. The first-order valence-electron chi connectivity index (χ1n) is 6.06. The molecule has 0 aliphatic carbocycles. The second-order valence-corrected chi connectivity index (χ2v) is 6.38. The largest absolute Gasteiger partial charge is 0.277 e. The van der Waals surface area contributed by atoms with Crippen LogP contribution in [0.2, 0.25) is 0 Å². The highest BCUT2D eigenvalue weighted by molar-refractivity contribution is 7.56. The molecule has 19 heavy (non-hydrogen) atoms. The fourth-order valence-corrected chi connectivity index (χ4v) is 2.63. The second kappa shape index (κ2) is 6.13. The van der Waals surface area contributed by atoms with Crippen LogP contribution in [0.1, 0.15) is 11.1 Å². The van der Waals surface area contributed by atoms with Gasteiger partial charge in [0.05, 0.1) is 0 Å². The molecule has 0 heterocycles. The van der Waals surface area contributed by atoms with Crippen molar-refractivity contribution in [1.82, 2.24) is 4.67 Å². The predicted octanol–water partition coefficient (Wildman–Crippen LogP) is 2.71. The molecular formula is C14H18N3OP. The van der Waals surface area contributed by atoms with E-state index < -0.39 is 7.59 Å². The Morgan fingerprint density at radius 2 is 1.16 bits per heavy atom. The van der Waals surface area contributed by atoms with E-state index >= 15 is 0 Å². The first-order valence-corrected chi connectivity index (χ1v) is 7.86. The van der Waals surface area contributed by atoms with Crippen LogP contribution in [0.4, 0.5) is 0 Å². The zero-order valence-electron chi connectivity index (χ0n) is 10.6. The van der Waals surface area contributed by atoms with Crippen LogP contribution in [-0.2, 0) is 17.7 Å². The van der Waals surface area contributed by atoms with Gasteiger partial charge in [0.1, 0.15) is 0 Å². The smallest absolute Gasteiger partial charge is 0.271 e. The van der Waals surface area contributed by atoms with Crippen LogP contribution in [0.3, 0.4) is 0 Å². The van der Waals surface area contributed by atoms with Gasteiger partial charge >= 0.3 is 0 Å². The van der Waals surface area contributed by atoms with Gasteiger partial charge < -0.3 is 0 Å². The fourth-order valence-electron chi connectivity index (χ4n) is 1.87. The average molecular weight is 275 g/mol. The summed E-state index contributed by atoms with van der Waals surface area (Å²) in [5.41, 5.74) is 13.3. The number of hydrogen-bond acceptors (Lipinski definition) is 1. The zero-order valence-corrected chi connectivity index (χ0v) is 11.5. The Morgan fingerprint density at radius 1 is 0.789 bits per heavy atom. The molecule has 100 valence electrons. The molecule has 0 atom stereocenters. The summed E-state index contributed by atoms with van der Waals surface area (Å²) in [7, 11) is -3.27. The van der Waals surface area contributed by atoms with Crippen LogP contribution in [0, 0.1) is 0 Å². The van der Waals surface area contributed by atoms with Gasteiger partial charge in [0.25, 0.3) is 7.59 Å². The summed E-state index contributed by atoms with van der Waals surface area (Å²) in [5, 5.41) is 0. The van der Waals surface area contributed by atoms with Crippen LogP contribution in [0.5, 0.6) is 0 Å². The molecule has 0 saturated heterocycles. The molecule has 2 aromatic rings. The normalized spacial score (nSPS) is 11.7. The van der Waals surface area contributed by atoms with Gasteiger partial charge in [-0.25, -0.2) is 4.67 Å². The standard InChI is InChI=1S/C14H18N3OP/c15-19(16,18)17(11-13-7-3-1-4-8-13)12-14-9-5-2-6-10-14/h1-10H,11-12H2,(H4,15,16,18). The molecule has 0 spiro atoms. The van der Waals surface area contributed by atoms with Crippen molar-refractivity contribution in [3.05, 3.63) is 71.8 Å². The van der Waals surface area contributed by atoms with Gasteiger partial charge in [-0.3, -0.25) is 15.6 Å². The van der Waals surface area contributed by atoms with E-state index in [9.17, 15) is 4.57 Å². The topological polar surface area (TPSA) is 72.3 Å². The zero-order chi connectivity index (χ0) is 13.7. The molecule has 0 saturated carbocycles. The molecule has 0 unspecified atom stereocenters. The fraction of sp³-hybridized carbons (Fsp3) is 0.143. The Bertz CT molecular complexity index is 512. The van der Waals surface area contributed by atoms with Gasteiger partial charge in [-0.2, -0.15) is 0 Å². The van der Waals surface area contributed by atoms with Crippen molar-refractivity contribution in [3.8, 4) is 0 Å².